The minimum atomic E-state index is -1.15. The highest BCUT2D eigenvalue weighted by atomic mass is 35.5. The van der Waals surface area contributed by atoms with Crippen LogP contribution in [0.4, 0.5) is 0 Å². The summed E-state index contributed by atoms with van der Waals surface area (Å²) in [7, 11) is 0. The SMILES string of the molecule is Cc1ccc(Cl)cc1C(=O)NCc1ccc(C(=O)O)o1. The van der Waals surface area contributed by atoms with Crippen molar-refractivity contribution >= 4 is 23.5 Å². The van der Waals surface area contributed by atoms with Gasteiger partial charge in [-0.1, -0.05) is 17.7 Å². The van der Waals surface area contributed by atoms with Gasteiger partial charge in [0.1, 0.15) is 5.76 Å². The van der Waals surface area contributed by atoms with Crippen LogP contribution in [0.5, 0.6) is 0 Å². The molecule has 0 saturated carbocycles. The fraction of sp³-hybridized carbons (Fsp3) is 0.143. The van der Waals surface area contributed by atoms with Gasteiger partial charge in [0.15, 0.2) is 0 Å². The molecule has 0 atom stereocenters. The van der Waals surface area contributed by atoms with E-state index in [4.69, 9.17) is 21.1 Å². The van der Waals surface area contributed by atoms with Crippen LogP contribution < -0.4 is 5.32 Å². The van der Waals surface area contributed by atoms with E-state index in [1.807, 2.05) is 0 Å². The van der Waals surface area contributed by atoms with Crippen LogP contribution >= 0.6 is 11.6 Å². The van der Waals surface area contributed by atoms with Gasteiger partial charge in [0, 0.05) is 10.6 Å². The second-order valence-electron chi connectivity index (χ2n) is 4.21. The third-order valence-corrected chi connectivity index (χ3v) is 2.97. The Hall–Kier alpha value is -2.27. The van der Waals surface area contributed by atoms with Crippen LogP contribution in [-0.2, 0) is 6.54 Å². The molecule has 0 radical (unpaired) electrons. The molecular weight excluding hydrogens is 282 g/mol. The molecule has 1 aromatic heterocycles. The Morgan fingerprint density at radius 3 is 2.70 bits per heavy atom. The highest BCUT2D eigenvalue weighted by Crippen LogP contribution is 2.15. The molecule has 0 aliphatic rings. The van der Waals surface area contributed by atoms with Crippen molar-refractivity contribution in [2.45, 2.75) is 13.5 Å². The van der Waals surface area contributed by atoms with E-state index in [9.17, 15) is 9.59 Å². The van der Waals surface area contributed by atoms with Gasteiger partial charge in [0.25, 0.3) is 5.91 Å². The van der Waals surface area contributed by atoms with Crippen LogP contribution in [0.15, 0.2) is 34.7 Å². The summed E-state index contributed by atoms with van der Waals surface area (Å²) in [6, 6.07) is 7.89. The molecule has 0 aliphatic carbocycles. The van der Waals surface area contributed by atoms with E-state index in [-0.39, 0.29) is 18.2 Å². The summed E-state index contributed by atoms with van der Waals surface area (Å²) < 4.78 is 5.04. The van der Waals surface area contributed by atoms with Crippen molar-refractivity contribution in [3.8, 4) is 0 Å². The van der Waals surface area contributed by atoms with Gasteiger partial charge in [-0.05, 0) is 36.8 Å². The fourth-order valence-corrected chi connectivity index (χ4v) is 1.86. The third-order valence-electron chi connectivity index (χ3n) is 2.74. The first-order valence-corrected chi connectivity index (χ1v) is 6.21. The van der Waals surface area contributed by atoms with Gasteiger partial charge in [0.05, 0.1) is 6.54 Å². The zero-order valence-electron chi connectivity index (χ0n) is 10.6. The molecule has 0 aliphatic heterocycles. The van der Waals surface area contributed by atoms with Crippen LogP contribution in [0.2, 0.25) is 5.02 Å². The van der Waals surface area contributed by atoms with Gasteiger partial charge in [-0.25, -0.2) is 4.79 Å². The van der Waals surface area contributed by atoms with Crippen molar-refractivity contribution in [3.63, 3.8) is 0 Å². The number of aryl methyl sites for hydroxylation is 1. The summed E-state index contributed by atoms with van der Waals surface area (Å²) in [5.41, 5.74) is 1.28. The van der Waals surface area contributed by atoms with Gasteiger partial charge < -0.3 is 14.8 Å². The lowest BCUT2D eigenvalue weighted by molar-refractivity contribution is 0.0660. The van der Waals surface area contributed by atoms with Gasteiger partial charge in [-0.15, -0.1) is 0 Å². The standard InChI is InChI=1S/C14H12ClNO4/c1-8-2-3-9(15)6-11(8)13(17)16-7-10-4-5-12(20-10)14(18)19/h2-6H,7H2,1H3,(H,16,17)(H,18,19). The first kappa shape index (κ1) is 14.1. The van der Waals surface area contributed by atoms with E-state index in [0.29, 0.717) is 16.3 Å². The predicted molar refractivity (Wildman–Crippen MR) is 73.0 cm³/mol. The van der Waals surface area contributed by atoms with Crippen LogP contribution in [0, 0.1) is 6.92 Å². The molecule has 2 aromatic rings. The smallest absolute Gasteiger partial charge is 0.371 e. The zero-order chi connectivity index (χ0) is 14.7. The van der Waals surface area contributed by atoms with E-state index in [0.717, 1.165) is 5.56 Å². The Morgan fingerprint density at radius 2 is 2.05 bits per heavy atom. The maximum atomic E-state index is 12.0. The number of carbonyl (C=O) groups is 2. The van der Waals surface area contributed by atoms with Crippen LogP contribution in [0.3, 0.4) is 0 Å². The highest BCUT2D eigenvalue weighted by Gasteiger charge is 2.12. The lowest BCUT2D eigenvalue weighted by atomic mass is 10.1. The number of carbonyl (C=O) groups excluding carboxylic acids is 1. The zero-order valence-corrected chi connectivity index (χ0v) is 11.4. The van der Waals surface area contributed by atoms with Gasteiger partial charge in [-0.2, -0.15) is 0 Å². The summed E-state index contributed by atoms with van der Waals surface area (Å²) in [6.07, 6.45) is 0. The maximum Gasteiger partial charge on any atom is 0.371 e. The number of nitrogens with one attached hydrogen (secondary N) is 1. The van der Waals surface area contributed by atoms with Crippen molar-refractivity contribution in [1.29, 1.82) is 0 Å². The molecule has 0 unspecified atom stereocenters. The lowest BCUT2D eigenvalue weighted by Crippen LogP contribution is -2.23. The number of aromatic carboxylic acids is 1. The van der Waals surface area contributed by atoms with Crippen molar-refractivity contribution in [3.05, 3.63) is 58.0 Å². The molecule has 6 heteroatoms. The Kier molecular flexibility index (Phi) is 4.10. The molecule has 5 nitrogen and oxygen atoms in total. The first-order chi connectivity index (χ1) is 9.47. The van der Waals surface area contributed by atoms with E-state index >= 15 is 0 Å². The maximum absolute atomic E-state index is 12.0. The second kappa shape index (κ2) is 5.79. The first-order valence-electron chi connectivity index (χ1n) is 5.83. The minimum absolute atomic E-state index is 0.109. The number of rotatable bonds is 4. The number of halogens is 1. The number of amides is 1. The molecule has 2 N–H and O–H groups in total. The van der Waals surface area contributed by atoms with Crippen LogP contribution in [-0.4, -0.2) is 17.0 Å². The summed E-state index contributed by atoms with van der Waals surface area (Å²) in [4.78, 5) is 22.7. The van der Waals surface area contributed by atoms with Crippen LogP contribution in [0.25, 0.3) is 0 Å². The number of hydrogen-bond donors (Lipinski definition) is 2. The molecule has 0 saturated heterocycles. The van der Waals surface area contributed by atoms with Gasteiger partial charge in [-0.3, -0.25) is 4.79 Å². The number of benzene rings is 1. The molecule has 20 heavy (non-hydrogen) atoms. The Bertz CT molecular complexity index is 663. The molecule has 0 spiro atoms. The molecule has 104 valence electrons. The number of hydrogen-bond acceptors (Lipinski definition) is 3. The summed E-state index contributed by atoms with van der Waals surface area (Å²) in [5.74, 6) is -1.23. The van der Waals surface area contributed by atoms with E-state index in [1.165, 1.54) is 12.1 Å². The topological polar surface area (TPSA) is 79.5 Å². The summed E-state index contributed by atoms with van der Waals surface area (Å²) in [6.45, 7) is 1.92. The number of carboxylic acids is 1. The largest absolute Gasteiger partial charge is 0.475 e. The van der Waals surface area contributed by atoms with Gasteiger partial charge >= 0.3 is 5.97 Å². The molecule has 0 bridgehead atoms. The van der Waals surface area contributed by atoms with Crippen molar-refractivity contribution < 1.29 is 19.1 Å². The fourth-order valence-electron chi connectivity index (χ4n) is 1.69. The lowest BCUT2D eigenvalue weighted by Gasteiger charge is -2.06. The van der Waals surface area contributed by atoms with Crippen molar-refractivity contribution in [2.24, 2.45) is 0 Å². The number of furan rings is 1. The minimum Gasteiger partial charge on any atom is -0.475 e. The molecule has 2 rings (SSSR count). The predicted octanol–water partition coefficient (Wildman–Crippen LogP) is 2.87. The number of carboxylic acid groups (broad SMARTS) is 1. The molecule has 1 aromatic carbocycles. The van der Waals surface area contributed by atoms with E-state index in [2.05, 4.69) is 5.32 Å². The second-order valence-corrected chi connectivity index (χ2v) is 4.65. The third kappa shape index (κ3) is 3.19. The Morgan fingerprint density at radius 1 is 1.30 bits per heavy atom. The Balaban J connectivity index is 2.04. The van der Waals surface area contributed by atoms with E-state index in [1.54, 1.807) is 25.1 Å². The average molecular weight is 294 g/mol. The highest BCUT2D eigenvalue weighted by molar-refractivity contribution is 6.31. The van der Waals surface area contributed by atoms with Gasteiger partial charge in [0.2, 0.25) is 5.76 Å². The normalized spacial score (nSPS) is 10.3. The molecular formula is C14H12ClNO4. The van der Waals surface area contributed by atoms with Crippen molar-refractivity contribution in [1.82, 2.24) is 5.32 Å². The summed E-state index contributed by atoms with van der Waals surface area (Å²) >= 11 is 5.85. The Labute approximate surface area is 120 Å². The van der Waals surface area contributed by atoms with E-state index < -0.39 is 5.97 Å². The quantitative estimate of drug-likeness (QED) is 0.908. The monoisotopic (exact) mass is 293 g/mol. The van der Waals surface area contributed by atoms with Crippen molar-refractivity contribution in [2.75, 3.05) is 0 Å². The average Bonchev–Trinajstić information content (AvgIpc) is 2.88. The molecule has 1 heterocycles. The summed E-state index contributed by atoms with van der Waals surface area (Å²) in [5, 5.41) is 11.9. The molecule has 0 fully saturated rings. The molecule has 1 amide bonds. The van der Waals surface area contributed by atoms with Crippen LogP contribution in [0.1, 0.15) is 32.2 Å².